The fourth-order valence-corrected chi connectivity index (χ4v) is 1.49. The first-order chi connectivity index (χ1) is 5.69. The Labute approximate surface area is 87.5 Å². The third kappa shape index (κ3) is 1.86. The Kier molecular flexibility index (Phi) is 3.27. The van der Waals surface area contributed by atoms with E-state index in [1.165, 1.54) is 0 Å². The van der Waals surface area contributed by atoms with E-state index in [2.05, 4.69) is 25.9 Å². The van der Waals surface area contributed by atoms with Gasteiger partial charge in [0.25, 0.3) is 0 Å². The Hall–Kier alpha value is -0.370. The van der Waals surface area contributed by atoms with Crippen molar-refractivity contribution in [1.29, 1.82) is 5.26 Å². The molecule has 6 heteroatoms. The van der Waals surface area contributed by atoms with Crippen molar-refractivity contribution in [2.24, 2.45) is 0 Å². The molecule has 0 atom stereocenters. The molecule has 1 rings (SSSR count). The van der Waals surface area contributed by atoms with Crippen LogP contribution >= 0.6 is 39.1 Å². The van der Waals surface area contributed by atoms with Crippen LogP contribution in [0.15, 0.2) is 4.60 Å². The van der Waals surface area contributed by atoms with Crippen molar-refractivity contribution >= 4 is 39.1 Å². The van der Waals surface area contributed by atoms with E-state index in [4.69, 9.17) is 28.5 Å². The minimum Gasteiger partial charge on any atom is -0.235 e. The average molecular weight is 267 g/mol. The lowest BCUT2D eigenvalue weighted by molar-refractivity contribution is 1.05. The molecule has 3 nitrogen and oxygen atoms in total. The molecule has 0 aliphatic carbocycles. The van der Waals surface area contributed by atoms with Crippen LogP contribution in [0.25, 0.3) is 0 Å². The topological polar surface area (TPSA) is 49.6 Å². The second-order valence-electron chi connectivity index (χ2n) is 1.85. The van der Waals surface area contributed by atoms with E-state index < -0.39 is 0 Å². The zero-order valence-electron chi connectivity index (χ0n) is 5.68. The van der Waals surface area contributed by atoms with E-state index in [1.807, 2.05) is 6.07 Å². The highest BCUT2D eigenvalue weighted by atomic mass is 79.9. The van der Waals surface area contributed by atoms with Crippen LogP contribution < -0.4 is 0 Å². The first kappa shape index (κ1) is 9.72. The van der Waals surface area contributed by atoms with Gasteiger partial charge in [-0.3, -0.25) is 0 Å². The molecule has 0 N–H and O–H groups in total. The molecular weight excluding hydrogens is 265 g/mol. The monoisotopic (exact) mass is 265 g/mol. The number of nitrogens with zero attached hydrogens (tertiary/aromatic N) is 3. The van der Waals surface area contributed by atoms with Gasteiger partial charge in [0.1, 0.15) is 10.7 Å². The normalized spacial score (nSPS) is 9.50. The van der Waals surface area contributed by atoms with Crippen molar-refractivity contribution in [3.05, 3.63) is 21.1 Å². The fourth-order valence-electron chi connectivity index (χ4n) is 0.587. The summed E-state index contributed by atoms with van der Waals surface area (Å²) in [7, 11) is 0. The molecule has 1 aromatic heterocycles. The van der Waals surface area contributed by atoms with E-state index in [-0.39, 0.29) is 16.7 Å². The van der Waals surface area contributed by atoms with Gasteiger partial charge in [0, 0.05) is 0 Å². The molecule has 0 spiro atoms. The Balaban J connectivity index is 3.30. The molecule has 0 aliphatic rings. The van der Waals surface area contributed by atoms with Gasteiger partial charge >= 0.3 is 0 Å². The lowest BCUT2D eigenvalue weighted by Gasteiger charge is -1.99. The lowest BCUT2D eigenvalue weighted by Crippen LogP contribution is -1.96. The van der Waals surface area contributed by atoms with Crippen LogP contribution in [0.1, 0.15) is 11.4 Å². The SMILES string of the molecule is N#Cc1nc(CCl)c(Cl)nc1Br. The Morgan fingerprint density at radius 2 is 2.17 bits per heavy atom. The van der Waals surface area contributed by atoms with Crippen LogP contribution in [0, 0.1) is 11.3 Å². The van der Waals surface area contributed by atoms with Gasteiger partial charge in [0.2, 0.25) is 0 Å². The summed E-state index contributed by atoms with van der Waals surface area (Å²) in [4.78, 5) is 7.70. The fraction of sp³-hybridized carbons (Fsp3) is 0.167. The Bertz CT molecular complexity index is 347. The number of rotatable bonds is 1. The molecule has 0 unspecified atom stereocenters. The number of alkyl halides is 1. The maximum absolute atomic E-state index is 8.56. The minimum absolute atomic E-state index is 0.147. The van der Waals surface area contributed by atoms with Gasteiger partial charge in [-0.1, -0.05) is 11.6 Å². The molecule has 0 saturated carbocycles. The van der Waals surface area contributed by atoms with Crippen LogP contribution in [0.5, 0.6) is 0 Å². The van der Waals surface area contributed by atoms with E-state index in [9.17, 15) is 0 Å². The Morgan fingerprint density at radius 1 is 1.50 bits per heavy atom. The van der Waals surface area contributed by atoms with Gasteiger partial charge in [-0.15, -0.1) is 11.6 Å². The molecule has 12 heavy (non-hydrogen) atoms. The summed E-state index contributed by atoms with van der Waals surface area (Å²) < 4.78 is 0.337. The first-order valence-electron chi connectivity index (χ1n) is 2.87. The first-order valence-corrected chi connectivity index (χ1v) is 4.57. The molecule has 1 heterocycles. The summed E-state index contributed by atoms with van der Waals surface area (Å²) in [6.07, 6.45) is 0. The van der Waals surface area contributed by atoms with Crippen molar-refractivity contribution in [1.82, 2.24) is 9.97 Å². The smallest absolute Gasteiger partial charge is 0.173 e. The van der Waals surface area contributed by atoms with Gasteiger partial charge in [-0.05, 0) is 15.9 Å². The highest BCUT2D eigenvalue weighted by Crippen LogP contribution is 2.19. The number of aromatic nitrogens is 2. The third-order valence-electron chi connectivity index (χ3n) is 1.11. The maximum Gasteiger partial charge on any atom is 0.173 e. The van der Waals surface area contributed by atoms with E-state index in [0.29, 0.717) is 10.3 Å². The highest BCUT2D eigenvalue weighted by Gasteiger charge is 2.08. The molecular formula is C6H2BrCl2N3. The lowest BCUT2D eigenvalue weighted by atomic mass is 10.4. The number of nitriles is 1. The summed E-state index contributed by atoms with van der Waals surface area (Å²) >= 11 is 14.2. The minimum atomic E-state index is 0.147. The van der Waals surface area contributed by atoms with Crippen LogP contribution in [0.2, 0.25) is 5.15 Å². The van der Waals surface area contributed by atoms with Crippen molar-refractivity contribution in [2.45, 2.75) is 5.88 Å². The quantitative estimate of drug-likeness (QED) is 0.734. The standard InChI is InChI=1S/C6H2BrCl2N3/c7-5-4(2-10)11-3(1-8)6(9)12-5/h1H2. The molecule has 0 saturated heterocycles. The Morgan fingerprint density at radius 3 is 2.67 bits per heavy atom. The van der Waals surface area contributed by atoms with Crippen LogP contribution in [-0.4, -0.2) is 9.97 Å². The maximum atomic E-state index is 8.56. The molecule has 0 radical (unpaired) electrons. The molecule has 0 aromatic carbocycles. The van der Waals surface area contributed by atoms with Crippen LogP contribution in [-0.2, 0) is 5.88 Å². The zero-order valence-corrected chi connectivity index (χ0v) is 8.78. The predicted molar refractivity (Wildman–Crippen MR) is 49.0 cm³/mol. The molecule has 0 fully saturated rings. The van der Waals surface area contributed by atoms with Crippen LogP contribution in [0.3, 0.4) is 0 Å². The van der Waals surface area contributed by atoms with Crippen molar-refractivity contribution in [3.8, 4) is 6.07 Å². The largest absolute Gasteiger partial charge is 0.235 e. The molecule has 62 valence electrons. The van der Waals surface area contributed by atoms with Gasteiger partial charge < -0.3 is 0 Å². The van der Waals surface area contributed by atoms with Gasteiger partial charge in [0.05, 0.1) is 11.6 Å². The highest BCUT2D eigenvalue weighted by molar-refractivity contribution is 9.10. The van der Waals surface area contributed by atoms with Crippen molar-refractivity contribution in [2.75, 3.05) is 0 Å². The molecule has 0 amide bonds. The molecule has 0 bridgehead atoms. The second kappa shape index (κ2) is 4.04. The molecule has 1 aromatic rings. The average Bonchev–Trinajstić information content (AvgIpc) is 2.05. The van der Waals surface area contributed by atoms with Gasteiger partial charge in [-0.25, -0.2) is 9.97 Å². The summed E-state index contributed by atoms with van der Waals surface area (Å²) in [6, 6.07) is 1.86. The van der Waals surface area contributed by atoms with Crippen LogP contribution in [0.4, 0.5) is 0 Å². The summed E-state index contributed by atoms with van der Waals surface area (Å²) in [5.74, 6) is 0.147. The second-order valence-corrected chi connectivity index (χ2v) is 3.22. The number of halogens is 3. The van der Waals surface area contributed by atoms with Gasteiger partial charge in [0.15, 0.2) is 10.8 Å². The number of hydrogen-bond donors (Lipinski definition) is 0. The summed E-state index contributed by atoms with van der Waals surface area (Å²) in [5, 5.41) is 8.78. The third-order valence-corrected chi connectivity index (χ3v) is 2.22. The van der Waals surface area contributed by atoms with E-state index in [1.54, 1.807) is 0 Å². The van der Waals surface area contributed by atoms with E-state index in [0.717, 1.165) is 0 Å². The van der Waals surface area contributed by atoms with Crippen molar-refractivity contribution < 1.29 is 0 Å². The molecule has 0 aliphatic heterocycles. The van der Waals surface area contributed by atoms with Gasteiger partial charge in [-0.2, -0.15) is 5.26 Å². The summed E-state index contributed by atoms with van der Waals surface area (Å²) in [5.41, 5.74) is 0.605. The summed E-state index contributed by atoms with van der Waals surface area (Å²) in [6.45, 7) is 0. The van der Waals surface area contributed by atoms with Crippen molar-refractivity contribution in [3.63, 3.8) is 0 Å². The predicted octanol–water partition coefficient (Wildman–Crippen LogP) is 2.50. The zero-order chi connectivity index (χ0) is 9.14. The van der Waals surface area contributed by atoms with E-state index >= 15 is 0 Å². The number of hydrogen-bond acceptors (Lipinski definition) is 3.